The highest BCUT2D eigenvalue weighted by atomic mass is 16.5. The van der Waals surface area contributed by atoms with E-state index in [4.69, 9.17) is 4.74 Å². The van der Waals surface area contributed by atoms with Gasteiger partial charge in [-0.25, -0.2) is 4.98 Å². The van der Waals surface area contributed by atoms with Crippen molar-refractivity contribution in [1.29, 1.82) is 0 Å². The molecule has 15 heavy (non-hydrogen) atoms. The molecule has 1 heterocycles. The predicted molar refractivity (Wildman–Crippen MR) is 56.8 cm³/mol. The number of methoxy groups -OCH3 is 1. The van der Waals surface area contributed by atoms with Crippen LogP contribution in [0.1, 0.15) is 0 Å². The second-order valence-electron chi connectivity index (χ2n) is 2.97. The van der Waals surface area contributed by atoms with E-state index < -0.39 is 0 Å². The van der Waals surface area contributed by atoms with Crippen molar-refractivity contribution in [3.05, 3.63) is 47.0 Å². The lowest BCUT2D eigenvalue weighted by atomic mass is 10.1. The molecular weight excluding hydrogens is 192 g/mol. The van der Waals surface area contributed by atoms with Crippen LogP contribution in [-0.2, 0) is 0 Å². The minimum absolute atomic E-state index is 0.220. The lowest BCUT2D eigenvalue weighted by Gasteiger charge is -2.05. The Labute approximate surface area is 86.6 Å². The highest BCUT2D eigenvalue weighted by Gasteiger charge is 2.08. The highest BCUT2D eigenvalue weighted by Crippen LogP contribution is 2.24. The quantitative estimate of drug-likeness (QED) is 0.801. The van der Waals surface area contributed by atoms with Crippen LogP contribution in [0.4, 0.5) is 0 Å². The zero-order valence-corrected chi connectivity index (χ0v) is 8.23. The average Bonchev–Trinajstić information content (AvgIpc) is 2.30. The summed E-state index contributed by atoms with van der Waals surface area (Å²) in [5.74, 6) is 0.640. The topological polar surface area (TPSA) is 55.0 Å². The Hall–Kier alpha value is -2.10. The maximum Gasteiger partial charge on any atom is 0.274 e. The van der Waals surface area contributed by atoms with Crippen molar-refractivity contribution in [2.45, 2.75) is 0 Å². The van der Waals surface area contributed by atoms with E-state index in [0.717, 1.165) is 0 Å². The molecule has 2 rings (SSSR count). The standard InChI is InChI=1S/C11H10N2O2/c1-15-9-5-3-2-4-8(9)10-11(14)13-7-6-12-10/h2-7H,1H3,(H,13,14). The molecule has 0 aliphatic heterocycles. The fourth-order valence-electron chi connectivity index (χ4n) is 1.38. The Balaban J connectivity index is 2.64. The van der Waals surface area contributed by atoms with Crippen molar-refractivity contribution < 1.29 is 4.74 Å². The van der Waals surface area contributed by atoms with Crippen LogP contribution in [0.3, 0.4) is 0 Å². The van der Waals surface area contributed by atoms with Gasteiger partial charge in [0.25, 0.3) is 5.56 Å². The molecule has 0 spiro atoms. The molecule has 1 aromatic heterocycles. The molecule has 0 radical (unpaired) electrons. The van der Waals surface area contributed by atoms with Gasteiger partial charge in [-0.05, 0) is 12.1 Å². The molecule has 76 valence electrons. The van der Waals surface area contributed by atoms with Gasteiger partial charge in [0.1, 0.15) is 11.4 Å². The maximum atomic E-state index is 11.5. The fraction of sp³-hybridized carbons (Fsp3) is 0.0909. The first-order valence-electron chi connectivity index (χ1n) is 4.50. The Kier molecular flexibility index (Phi) is 2.49. The molecule has 0 saturated heterocycles. The lowest BCUT2D eigenvalue weighted by Crippen LogP contribution is -2.10. The summed E-state index contributed by atoms with van der Waals surface area (Å²) in [6.07, 6.45) is 3.05. The molecule has 2 aromatic rings. The molecule has 0 unspecified atom stereocenters. The number of para-hydroxylation sites is 1. The van der Waals surface area contributed by atoms with E-state index in [1.165, 1.54) is 6.20 Å². The second-order valence-corrected chi connectivity index (χ2v) is 2.97. The molecule has 0 aliphatic rings. The van der Waals surface area contributed by atoms with Gasteiger partial charge in [-0.2, -0.15) is 0 Å². The molecule has 0 saturated carbocycles. The van der Waals surface area contributed by atoms with Crippen LogP contribution >= 0.6 is 0 Å². The van der Waals surface area contributed by atoms with E-state index in [9.17, 15) is 4.79 Å². The summed E-state index contributed by atoms with van der Waals surface area (Å²) in [5.41, 5.74) is 0.846. The summed E-state index contributed by atoms with van der Waals surface area (Å²) >= 11 is 0. The largest absolute Gasteiger partial charge is 0.496 e. The summed E-state index contributed by atoms with van der Waals surface area (Å²) in [4.78, 5) is 18.1. The number of hydrogen-bond donors (Lipinski definition) is 1. The van der Waals surface area contributed by atoms with Crippen molar-refractivity contribution in [2.24, 2.45) is 0 Å². The minimum atomic E-state index is -0.220. The van der Waals surface area contributed by atoms with Crippen LogP contribution in [-0.4, -0.2) is 17.1 Å². The zero-order chi connectivity index (χ0) is 10.7. The smallest absolute Gasteiger partial charge is 0.274 e. The number of aromatic nitrogens is 2. The van der Waals surface area contributed by atoms with E-state index >= 15 is 0 Å². The summed E-state index contributed by atoms with van der Waals surface area (Å²) in [5, 5.41) is 0. The molecule has 1 aromatic carbocycles. The van der Waals surface area contributed by atoms with Gasteiger partial charge in [-0.3, -0.25) is 4.79 Å². The zero-order valence-electron chi connectivity index (χ0n) is 8.23. The third-order valence-corrected chi connectivity index (χ3v) is 2.07. The SMILES string of the molecule is COc1ccccc1-c1ncc[nH]c1=O. The van der Waals surface area contributed by atoms with Gasteiger partial charge in [0, 0.05) is 18.0 Å². The molecule has 0 atom stereocenters. The molecule has 4 heteroatoms. The third-order valence-electron chi connectivity index (χ3n) is 2.07. The molecule has 0 aliphatic carbocycles. The van der Waals surface area contributed by atoms with E-state index in [1.807, 2.05) is 12.1 Å². The molecule has 0 bridgehead atoms. The summed E-state index contributed by atoms with van der Waals surface area (Å²) in [6, 6.07) is 7.28. The first-order valence-corrected chi connectivity index (χ1v) is 4.50. The molecule has 0 fully saturated rings. The number of ether oxygens (including phenoxy) is 1. The van der Waals surface area contributed by atoms with E-state index in [-0.39, 0.29) is 5.56 Å². The van der Waals surface area contributed by atoms with Crippen LogP contribution in [0, 0.1) is 0 Å². The highest BCUT2D eigenvalue weighted by molar-refractivity contribution is 5.65. The molecular formula is C11H10N2O2. The number of nitrogens with one attached hydrogen (secondary N) is 1. The molecule has 4 nitrogen and oxygen atoms in total. The summed E-state index contributed by atoms with van der Waals surface area (Å²) in [6.45, 7) is 0. The van der Waals surface area contributed by atoms with E-state index in [2.05, 4.69) is 9.97 Å². The first kappa shape index (κ1) is 9.45. The van der Waals surface area contributed by atoms with Crippen molar-refractivity contribution in [1.82, 2.24) is 9.97 Å². The maximum absolute atomic E-state index is 11.5. The van der Waals surface area contributed by atoms with Crippen LogP contribution < -0.4 is 10.3 Å². The Bertz CT molecular complexity index is 520. The monoisotopic (exact) mass is 202 g/mol. The number of hydrogen-bond acceptors (Lipinski definition) is 3. The van der Waals surface area contributed by atoms with E-state index in [1.54, 1.807) is 25.4 Å². The number of rotatable bonds is 2. The summed E-state index contributed by atoms with van der Waals surface area (Å²) < 4.78 is 5.16. The van der Waals surface area contributed by atoms with Gasteiger partial charge < -0.3 is 9.72 Å². The van der Waals surface area contributed by atoms with Gasteiger partial charge in [0.2, 0.25) is 0 Å². The normalized spacial score (nSPS) is 9.93. The van der Waals surface area contributed by atoms with Gasteiger partial charge in [-0.1, -0.05) is 12.1 Å². The van der Waals surface area contributed by atoms with E-state index in [0.29, 0.717) is 17.0 Å². The number of aromatic amines is 1. The average molecular weight is 202 g/mol. The van der Waals surface area contributed by atoms with Gasteiger partial charge in [0.15, 0.2) is 0 Å². The molecule has 1 N–H and O–H groups in total. The van der Waals surface area contributed by atoms with Crippen LogP contribution in [0.2, 0.25) is 0 Å². The second kappa shape index (κ2) is 3.96. The van der Waals surface area contributed by atoms with Crippen LogP contribution in [0.25, 0.3) is 11.3 Å². The molecule has 0 amide bonds. The number of H-pyrrole nitrogens is 1. The third kappa shape index (κ3) is 1.74. The Morgan fingerprint density at radius 1 is 1.33 bits per heavy atom. The number of benzene rings is 1. The van der Waals surface area contributed by atoms with Crippen LogP contribution in [0.15, 0.2) is 41.5 Å². The van der Waals surface area contributed by atoms with Gasteiger partial charge in [-0.15, -0.1) is 0 Å². The van der Waals surface area contributed by atoms with Crippen molar-refractivity contribution in [2.75, 3.05) is 7.11 Å². The fourth-order valence-corrected chi connectivity index (χ4v) is 1.38. The van der Waals surface area contributed by atoms with Crippen molar-refractivity contribution >= 4 is 0 Å². The first-order chi connectivity index (χ1) is 7.33. The minimum Gasteiger partial charge on any atom is -0.496 e. The lowest BCUT2D eigenvalue weighted by molar-refractivity contribution is 0.416. The van der Waals surface area contributed by atoms with Gasteiger partial charge in [0.05, 0.1) is 7.11 Å². The van der Waals surface area contributed by atoms with Crippen molar-refractivity contribution in [3.8, 4) is 17.0 Å². The Morgan fingerprint density at radius 2 is 2.13 bits per heavy atom. The van der Waals surface area contributed by atoms with Crippen molar-refractivity contribution in [3.63, 3.8) is 0 Å². The van der Waals surface area contributed by atoms with Crippen LogP contribution in [0.5, 0.6) is 5.75 Å². The van der Waals surface area contributed by atoms with Gasteiger partial charge >= 0.3 is 0 Å². The predicted octanol–water partition coefficient (Wildman–Crippen LogP) is 1.45. The summed E-state index contributed by atoms with van der Waals surface area (Å²) in [7, 11) is 1.57. The Morgan fingerprint density at radius 3 is 2.87 bits per heavy atom. The number of nitrogens with zero attached hydrogens (tertiary/aromatic N) is 1.